The van der Waals surface area contributed by atoms with Gasteiger partial charge in [0.15, 0.2) is 0 Å². The minimum Gasteiger partial charge on any atom is -0.497 e. The lowest BCUT2D eigenvalue weighted by Crippen LogP contribution is -2.85. The lowest BCUT2D eigenvalue weighted by Gasteiger charge is -2.26. The molecule has 0 unspecified atom stereocenters. The maximum absolute atomic E-state index is 10.2. The molecule has 0 aliphatic rings. The van der Waals surface area contributed by atoms with Crippen molar-refractivity contribution in [3.63, 3.8) is 0 Å². The molecule has 4 nitrogen and oxygen atoms in total. The molecule has 3 N–H and O–H groups in total. The van der Waals surface area contributed by atoms with Crippen molar-refractivity contribution in [3.8, 4) is 11.5 Å². The molecule has 3 rings (SSSR count). The van der Waals surface area contributed by atoms with Gasteiger partial charge in [-0.2, -0.15) is 0 Å². The fourth-order valence-corrected chi connectivity index (χ4v) is 3.45. The summed E-state index contributed by atoms with van der Waals surface area (Å²) >= 11 is 0. The Kier molecular flexibility index (Phi) is 7.50. The van der Waals surface area contributed by atoms with Gasteiger partial charge in [-0.15, -0.1) is 0 Å². The minimum atomic E-state index is -0.524. The Labute approximate surface area is 179 Å². The molecule has 0 radical (unpaired) electrons. The summed E-state index contributed by atoms with van der Waals surface area (Å²) in [5.41, 5.74) is 3.63. The predicted molar refractivity (Wildman–Crippen MR) is 120 cm³/mol. The van der Waals surface area contributed by atoms with Crippen molar-refractivity contribution in [2.24, 2.45) is 0 Å². The highest BCUT2D eigenvalue weighted by molar-refractivity contribution is 5.39. The molecule has 0 bridgehead atoms. The van der Waals surface area contributed by atoms with E-state index in [4.69, 9.17) is 9.47 Å². The normalized spacial score (nSPS) is 12.4. The van der Waals surface area contributed by atoms with E-state index >= 15 is 0 Å². The van der Waals surface area contributed by atoms with Crippen molar-refractivity contribution >= 4 is 0 Å². The zero-order valence-corrected chi connectivity index (χ0v) is 18.0. The molecule has 4 heteroatoms. The molecule has 0 aromatic heterocycles. The van der Waals surface area contributed by atoms with Crippen molar-refractivity contribution < 1.29 is 19.9 Å². The first-order chi connectivity index (χ1) is 14.5. The minimum absolute atomic E-state index is 0.0737. The van der Waals surface area contributed by atoms with Gasteiger partial charge in [0.2, 0.25) is 0 Å². The van der Waals surface area contributed by atoms with Crippen molar-refractivity contribution in [2.45, 2.75) is 31.9 Å². The van der Waals surface area contributed by atoms with Gasteiger partial charge in [-0.1, -0.05) is 56.3 Å². The van der Waals surface area contributed by atoms with E-state index in [2.05, 4.69) is 55.6 Å². The third kappa shape index (κ3) is 5.85. The van der Waals surface area contributed by atoms with Gasteiger partial charge in [-0.05, 0) is 47.5 Å². The van der Waals surface area contributed by atoms with Gasteiger partial charge in [0.1, 0.15) is 37.3 Å². The fourth-order valence-electron chi connectivity index (χ4n) is 3.45. The van der Waals surface area contributed by atoms with Crippen LogP contribution >= 0.6 is 0 Å². The fraction of sp³-hybridized carbons (Fsp3) is 0.308. The summed E-state index contributed by atoms with van der Waals surface area (Å²) < 4.78 is 11.0. The molecule has 0 aliphatic heterocycles. The number of aliphatic hydroxyl groups is 1. The molecule has 0 aliphatic carbocycles. The predicted octanol–water partition coefficient (Wildman–Crippen LogP) is 3.52. The number of hydrogen-bond donors (Lipinski definition) is 2. The van der Waals surface area contributed by atoms with E-state index in [-0.39, 0.29) is 12.0 Å². The van der Waals surface area contributed by atoms with Gasteiger partial charge in [-0.25, -0.2) is 0 Å². The molecule has 158 valence electrons. The Morgan fingerprint density at radius 3 is 2.07 bits per heavy atom. The number of aliphatic hydroxyl groups excluding tert-OH is 1. The number of methoxy groups -OCH3 is 1. The first-order valence-electron chi connectivity index (χ1n) is 10.4. The van der Waals surface area contributed by atoms with Gasteiger partial charge >= 0.3 is 0 Å². The van der Waals surface area contributed by atoms with E-state index in [1.165, 1.54) is 16.7 Å². The van der Waals surface area contributed by atoms with E-state index in [9.17, 15) is 5.11 Å². The van der Waals surface area contributed by atoms with Crippen molar-refractivity contribution in [1.29, 1.82) is 0 Å². The highest BCUT2D eigenvalue weighted by Crippen LogP contribution is 2.32. The standard InChI is InChI=1S/C26H31NO3/c1-26(2,21-7-5-4-6-8-21)22-11-15-25(16-12-22)30-19-23(28)18-27-17-20-9-13-24(29-3)14-10-20/h4-16,23,27-28H,17-19H2,1-3H3/p+1/t23-/m1/s1. The van der Waals surface area contributed by atoms with Gasteiger partial charge in [0, 0.05) is 11.0 Å². The van der Waals surface area contributed by atoms with Crippen molar-refractivity contribution in [2.75, 3.05) is 20.3 Å². The Bertz CT molecular complexity index is 890. The Hall–Kier alpha value is -2.82. The van der Waals surface area contributed by atoms with E-state index in [0.29, 0.717) is 6.54 Å². The molecule has 0 saturated heterocycles. The second kappa shape index (κ2) is 10.3. The molecule has 3 aromatic carbocycles. The molecule has 30 heavy (non-hydrogen) atoms. The van der Waals surface area contributed by atoms with Crippen LogP contribution in [-0.4, -0.2) is 31.5 Å². The number of quaternary nitrogens is 1. The summed E-state index contributed by atoms with van der Waals surface area (Å²) in [4.78, 5) is 0. The van der Waals surface area contributed by atoms with Gasteiger partial charge in [0.25, 0.3) is 0 Å². The summed E-state index contributed by atoms with van der Waals surface area (Å²) in [6.07, 6.45) is -0.524. The van der Waals surface area contributed by atoms with Gasteiger partial charge in [-0.3, -0.25) is 0 Å². The van der Waals surface area contributed by atoms with Crippen LogP contribution in [0.2, 0.25) is 0 Å². The Balaban J connectivity index is 1.45. The third-order valence-corrected chi connectivity index (χ3v) is 5.49. The second-order valence-corrected chi connectivity index (χ2v) is 8.06. The summed E-state index contributed by atoms with van der Waals surface area (Å²) in [6, 6.07) is 26.6. The quantitative estimate of drug-likeness (QED) is 0.542. The average molecular weight is 407 g/mol. The molecule has 0 spiro atoms. The van der Waals surface area contributed by atoms with Gasteiger partial charge < -0.3 is 19.9 Å². The SMILES string of the molecule is COc1ccc(C[NH2+]C[C@@H](O)COc2ccc(C(C)(C)c3ccccc3)cc2)cc1. The first kappa shape index (κ1) is 21.9. The van der Waals surface area contributed by atoms with Crippen LogP contribution in [0.25, 0.3) is 0 Å². The first-order valence-corrected chi connectivity index (χ1v) is 10.4. The molecule has 3 aromatic rings. The number of nitrogens with two attached hydrogens (primary N) is 1. The van der Waals surface area contributed by atoms with Crippen molar-refractivity contribution in [3.05, 3.63) is 95.6 Å². The van der Waals surface area contributed by atoms with Crippen LogP contribution in [0, 0.1) is 0 Å². The Morgan fingerprint density at radius 1 is 0.833 bits per heavy atom. The van der Waals surface area contributed by atoms with Crippen LogP contribution in [0.1, 0.15) is 30.5 Å². The smallest absolute Gasteiger partial charge is 0.137 e. The van der Waals surface area contributed by atoms with Crippen LogP contribution in [-0.2, 0) is 12.0 Å². The maximum Gasteiger partial charge on any atom is 0.137 e. The second-order valence-electron chi connectivity index (χ2n) is 8.06. The van der Waals surface area contributed by atoms with E-state index in [1.54, 1.807) is 7.11 Å². The molecule has 0 heterocycles. The van der Waals surface area contributed by atoms with E-state index in [0.717, 1.165) is 18.0 Å². The van der Waals surface area contributed by atoms with Crippen LogP contribution in [0.15, 0.2) is 78.9 Å². The van der Waals surface area contributed by atoms with Crippen LogP contribution in [0.5, 0.6) is 11.5 Å². The van der Waals surface area contributed by atoms with Gasteiger partial charge in [0.05, 0.1) is 7.11 Å². The average Bonchev–Trinajstić information content (AvgIpc) is 2.79. The number of ether oxygens (including phenoxy) is 2. The Morgan fingerprint density at radius 2 is 1.43 bits per heavy atom. The summed E-state index contributed by atoms with van der Waals surface area (Å²) in [5.74, 6) is 1.63. The summed E-state index contributed by atoms with van der Waals surface area (Å²) in [6.45, 7) is 6.12. The molecule has 0 fully saturated rings. The zero-order valence-electron chi connectivity index (χ0n) is 18.0. The number of hydrogen-bond acceptors (Lipinski definition) is 3. The van der Waals surface area contributed by atoms with Crippen LogP contribution in [0.3, 0.4) is 0 Å². The molecule has 0 saturated carbocycles. The largest absolute Gasteiger partial charge is 0.497 e. The third-order valence-electron chi connectivity index (χ3n) is 5.49. The number of benzene rings is 3. The molecule has 1 atom stereocenters. The summed E-state index contributed by atoms with van der Waals surface area (Å²) in [7, 11) is 1.66. The lowest BCUT2D eigenvalue weighted by atomic mass is 9.78. The molecular weight excluding hydrogens is 374 g/mol. The topological polar surface area (TPSA) is 55.3 Å². The monoisotopic (exact) mass is 406 g/mol. The maximum atomic E-state index is 10.2. The highest BCUT2D eigenvalue weighted by atomic mass is 16.5. The number of rotatable bonds is 10. The lowest BCUT2D eigenvalue weighted by molar-refractivity contribution is -0.676. The zero-order chi connectivity index (χ0) is 21.4. The van der Waals surface area contributed by atoms with Crippen LogP contribution < -0.4 is 14.8 Å². The molecule has 0 amide bonds. The van der Waals surface area contributed by atoms with E-state index in [1.807, 2.05) is 42.5 Å². The molecular formula is C26H32NO3+. The van der Waals surface area contributed by atoms with Crippen LogP contribution in [0.4, 0.5) is 0 Å². The highest BCUT2D eigenvalue weighted by Gasteiger charge is 2.22. The van der Waals surface area contributed by atoms with Crippen molar-refractivity contribution in [1.82, 2.24) is 0 Å². The van der Waals surface area contributed by atoms with E-state index < -0.39 is 6.10 Å². The summed E-state index contributed by atoms with van der Waals surface area (Å²) in [5, 5.41) is 12.3.